The lowest BCUT2D eigenvalue weighted by Crippen LogP contribution is -2.46. The Kier molecular flexibility index (Phi) is 4.45. The lowest BCUT2D eigenvalue weighted by Gasteiger charge is -2.30. The summed E-state index contributed by atoms with van der Waals surface area (Å²) in [5.41, 5.74) is 5.35. The first kappa shape index (κ1) is 15.7. The van der Waals surface area contributed by atoms with Gasteiger partial charge < -0.3 is 10.6 Å². The Morgan fingerprint density at radius 1 is 1.48 bits per heavy atom. The van der Waals surface area contributed by atoms with Gasteiger partial charge in [-0.25, -0.2) is 13.1 Å². The molecule has 0 spiro atoms. The molecule has 2 rings (SSSR count). The summed E-state index contributed by atoms with van der Waals surface area (Å²) in [6.45, 7) is 1.53. The molecule has 9 heteroatoms. The third-order valence-electron chi connectivity index (χ3n) is 3.44. The molecule has 0 radical (unpaired) electrons. The van der Waals surface area contributed by atoms with Crippen molar-refractivity contribution in [2.45, 2.75) is 23.8 Å². The molecule has 3 N–H and O–H groups in total. The highest BCUT2D eigenvalue weighted by molar-refractivity contribution is 7.89. The normalized spacial score (nSPS) is 20.3. The number of nitro groups is 1. The molecule has 21 heavy (non-hydrogen) atoms. The molecule has 1 aromatic carbocycles. The van der Waals surface area contributed by atoms with E-state index in [0.29, 0.717) is 6.54 Å². The van der Waals surface area contributed by atoms with Crippen LogP contribution in [0.4, 0.5) is 11.4 Å². The fourth-order valence-electron chi connectivity index (χ4n) is 2.41. The van der Waals surface area contributed by atoms with Gasteiger partial charge in [-0.15, -0.1) is 0 Å². The van der Waals surface area contributed by atoms with Crippen molar-refractivity contribution in [2.75, 3.05) is 25.9 Å². The fraction of sp³-hybridized carbons (Fsp3) is 0.500. The molecule has 0 bridgehead atoms. The highest BCUT2D eigenvalue weighted by Crippen LogP contribution is 2.24. The largest absolute Gasteiger partial charge is 0.398 e. The van der Waals surface area contributed by atoms with Crippen molar-refractivity contribution in [3.8, 4) is 0 Å². The average molecular weight is 314 g/mol. The molecule has 8 nitrogen and oxygen atoms in total. The molecule has 1 unspecified atom stereocenters. The minimum atomic E-state index is -3.88. The number of anilines is 1. The molecule has 0 aliphatic carbocycles. The molecular weight excluding hydrogens is 296 g/mol. The summed E-state index contributed by atoms with van der Waals surface area (Å²) >= 11 is 0. The van der Waals surface area contributed by atoms with Gasteiger partial charge in [0.1, 0.15) is 4.90 Å². The Bertz CT molecular complexity index is 647. The van der Waals surface area contributed by atoms with Gasteiger partial charge in [0.25, 0.3) is 5.69 Å². The van der Waals surface area contributed by atoms with Gasteiger partial charge in [0.2, 0.25) is 10.0 Å². The minimum absolute atomic E-state index is 0.00253. The van der Waals surface area contributed by atoms with Gasteiger partial charge in [-0.05, 0) is 32.5 Å². The van der Waals surface area contributed by atoms with Gasteiger partial charge >= 0.3 is 0 Å². The summed E-state index contributed by atoms with van der Waals surface area (Å²) in [6, 6.07) is 3.19. The first-order valence-electron chi connectivity index (χ1n) is 6.54. The SMILES string of the molecule is CN1CCCC(NS(=O)(=O)c2cc([N+](=O)[O-])ccc2N)C1. The van der Waals surface area contributed by atoms with Crippen molar-refractivity contribution in [1.82, 2.24) is 9.62 Å². The number of non-ortho nitro benzene ring substituents is 1. The molecule has 1 fully saturated rings. The third kappa shape index (κ3) is 3.69. The number of nitrogens with one attached hydrogen (secondary N) is 1. The van der Waals surface area contributed by atoms with Crippen molar-refractivity contribution in [3.05, 3.63) is 28.3 Å². The lowest BCUT2D eigenvalue weighted by atomic mass is 10.1. The van der Waals surface area contributed by atoms with Crippen LogP contribution < -0.4 is 10.5 Å². The molecule has 1 aliphatic rings. The van der Waals surface area contributed by atoms with E-state index in [1.165, 1.54) is 12.1 Å². The number of nitrogens with two attached hydrogens (primary N) is 1. The molecule has 1 heterocycles. The van der Waals surface area contributed by atoms with Gasteiger partial charge in [0, 0.05) is 24.7 Å². The molecule has 1 aliphatic heterocycles. The van der Waals surface area contributed by atoms with Gasteiger partial charge in [0.15, 0.2) is 0 Å². The number of nitrogen functional groups attached to an aromatic ring is 1. The molecular formula is C12H18N4O4S. The average Bonchev–Trinajstić information content (AvgIpc) is 2.38. The van der Waals surface area contributed by atoms with E-state index >= 15 is 0 Å². The second-order valence-corrected chi connectivity index (χ2v) is 6.88. The maximum atomic E-state index is 12.4. The van der Waals surface area contributed by atoms with E-state index in [9.17, 15) is 18.5 Å². The van der Waals surface area contributed by atoms with E-state index in [0.717, 1.165) is 25.5 Å². The predicted molar refractivity (Wildman–Crippen MR) is 78.3 cm³/mol. The Morgan fingerprint density at radius 3 is 2.81 bits per heavy atom. The summed E-state index contributed by atoms with van der Waals surface area (Å²) < 4.78 is 27.3. The maximum Gasteiger partial charge on any atom is 0.270 e. The topological polar surface area (TPSA) is 119 Å². The van der Waals surface area contributed by atoms with E-state index in [4.69, 9.17) is 5.73 Å². The number of likely N-dealkylation sites (tertiary alicyclic amines) is 1. The number of hydrogen-bond donors (Lipinski definition) is 2. The summed E-state index contributed by atoms with van der Waals surface area (Å²) in [5, 5.41) is 10.8. The van der Waals surface area contributed by atoms with Gasteiger partial charge in [-0.2, -0.15) is 0 Å². The molecule has 1 saturated heterocycles. The van der Waals surface area contributed by atoms with Gasteiger partial charge in [-0.3, -0.25) is 10.1 Å². The van der Waals surface area contributed by atoms with E-state index in [-0.39, 0.29) is 22.3 Å². The van der Waals surface area contributed by atoms with E-state index in [1.807, 2.05) is 11.9 Å². The molecule has 1 atom stereocenters. The predicted octanol–water partition coefficient (Wildman–Crippen LogP) is 0.550. The van der Waals surface area contributed by atoms with Crippen molar-refractivity contribution in [2.24, 2.45) is 0 Å². The number of benzene rings is 1. The van der Waals surface area contributed by atoms with Crippen LogP contribution >= 0.6 is 0 Å². The van der Waals surface area contributed by atoms with Crippen LogP contribution in [0.15, 0.2) is 23.1 Å². The maximum absolute atomic E-state index is 12.4. The van der Waals surface area contributed by atoms with Crippen LogP contribution in [0.3, 0.4) is 0 Å². The summed E-state index contributed by atoms with van der Waals surface area (Å²) in [6.07, 6.45) is 1.63. The summed E-state index contributed by atoms with van der Waals surface area (Å²) in [7, 11) is -1.96. The van der Waals surface area contributed by atoms with Crippen LogP contribution in [0.25, 0.3) is 0 Å². The number of hydrogen-bond acceptors (Lipinski definition) is 6. The number of likely N-dealkylation sites (N-methyl/N-ethyl adjacent to an activating group) is 1. The van der Waals surface area contributed by atoms with Crippen LogP contribution in [0.5, 0.6) is 0 Å². The molecule has 0 amide bonds. The van der Waals surface area contributed by atoms with Crippen LogP contribution in [0.1, 0.15) is 12.8 Å². The summed E-state index contributed by atoms with van der Waals surface area (Å²) in [5.74, 6) is 0. The van der Waals surface area contributed by atoms with Crippen LogP contribution in [0, 0.1) is 10.1 Å². The zero-order chi connectivity index (χ0) is 15.6. The standard InChI is InChI=1S/C12H18N4O4S/c1-15-6-2-3-9(8-15)14-21(19,20)12-7-10(16(17)18)4-5-11(12)13/h4-5,7,9,14H,2-3,6,8,13H2,1H3. The van der Waals surface area contributed by atoms with Crippen molar-refractivity contribution < 1.29 is 13.3 Å². The zero-order valence-corrected chi connectivity index (χ0v) is 12.5. The second kappa shape index (κ2) is 5.96. The van der Waals surface area contributed by atoms with Crippen molar-refractivity contribution in [1.29, 1.82) is 0 Å². The van der Waals surface area contributed by atoms with Crippen molar-refractivity contribution >= 4 is 21.4 Å². The van der Waals surface area contributed by atoms with Crippen molar-refractivity contribution in [3.63, 3.8) is 0 Å². The number of rotatable bonds is 4. The highest BCUT2D eigenvalue weighted by Gasteiger charge is 2.26. The van der Waals surface area contributed by atoms with E-state index in [2.05, 4.69) is 4.72 Å². The number of piperidine rings is 1. The highest BCUT2D eigenvalue weighted by atomic mass is 32.2. The summed E-state index contributed by atoms with van der Waals surface area (Å²) in [4.78, 5) is 11.9. The van der Waals surface area contributed by atoms with Crippen LogP contribution in [0.2, 0.25) is 0 Å². The molecule has 116 valence electrons. The zero-order valence-electron chi connectivity index (χ0n) is 11.7. The number of sulfonamides is 1. The Hall–Kier alpha value is -1.71. The van der Waals surface area contributed by atoms with E-state index < -0.39 is 14.9 Å². The first-order chi connectivity index (χ1) is 9.79. The number of nitro benzene ring substituents is 1. The molecule has 1 aromatic rings. The molecule has 0 saturated carbocycles. The minimum Gasteiger partial charge on any atom is -0.398 e. The van der Waals surface area contributed by atoms with Crippen LogP contribution in [-0.4, -0.2) is 44.4 Å². The van der Waals surface area contributed by atoms with Gasteiger partial charge in [0.05, 0.1) is 10.6 Å². The van der Waals surface area contributed by atoms with Crippen LogP contribution in [-0.2, 0) is 10.0 Å². The third-order valence-corrected chi connectivity index (χ3v) is 5.02. The second-order valence-electron chi connectivity index (χ2n) is 5.20. The Morgan fingerprint density at radius 2 is 2.19 bits per heavy atom. The monoisotopic (exact) mass is 314 g/mol. The first-order valence-corrected chi connectivity index (χ1v) is 8.03. The smallest absolute Gasteiger partial charge is 0.270 e. The lowest BCUT2D eigenvalue weighted by molar-refractivity contribution is -0.385. The fourth-order valence-corrected chi connectivity index (χ4v) is 3.83. The molecule has 0 aromatic heterocycles. The number of nitrogens with zero attached hydrogens (tertiary/aromatic N) is 2. The van der Waals surface area contributed by atoms with E-state index in [1.54, 1.807) is 0 Å². The van der Waals surface area contributed by atoms with Gasteiger partial charge in [-0.1, -0.05) is 0 Å². The Balaban J connectivity index is 2.26. The Labute approximate surface area is 123 Å². The quantitative estimate of drug-likeness (QED) is 0.476.